The first-order chi connectivity index (χ1) is 10.3. The maximum Gasteiger partial charge on any atom is 0.0601 e. The number of methoxy groups -OCH3 is 1. The van der Waals surface area contributed by atoms with Gasteiger partial charge in [-0.15, -0.1) is 0 Å². The first-order valence-electron chi connectivity index (χ1n) is 9.59. The Labute approximate surface area is 133 Å². The van der Waals surface area contributed by atoms with Gasteiger partial charge in [0.15, 0.2) is 0 Å². The van der Waals surface area contributed by atoms with E-state index in [9.17, 15) is 0 Å². The van der Waals surface area contributed by atoms with Crippen LogP contribution in [0.1, 0.15) is 97.3 Å². The molecule has 0 aromatic rings. The minimum absolute atomic E-state index is 0.521. The van der Waals surface area contributed by atoms with E-state index in [2.05, 4.69) is 19.2 Å². The molecule has 2 nitrogen and oxygen atoms in total. The van der Waals surface area contributed by atoms with Crippen LogP contribution < -0.4 is 5.32 Å². The second kappa shape index (κ2) is 12.5. The van der Waals surface area contributed by atoms with Gasteiger partial charge in [0.1, 0.15) is 0 Å². The topological polar surface area (TPSA) is 21.3 Å². The Bertz CT molecular complexity index is 226. The average molecular weight is 298 g/mol. The zero-order chi connectivity index (χ0) is 15.3. The lowest BCUT2D eigenvalue weighted by Crippen LogP contribution is -2.49. The van der Waals surface area contributed by atoms with E-state index >= 15 is 0 Å². The van der Waals surface area contributed by atoms with Crippen LogP contribution in [0.5, 0.6) is 0 Å². The standard InChI is InChI=1S/C19H39NO/c1-4-6-8-10-12-14-17(13-11-9-7-5-2)20-18-15-19(16-18)21-3/h17-20H,4-16H2,1-3H3. The molecule has 0 spiro atoms. The van der Waals surface area contributed by atoms with Crippen molar-refractivity contribution in [3.63, 3.8) is 0 Å². The summed E-state index contributed by atoms with van der Waals surface area (Å²) in [6.07, 6.45) is 18.3. The van der Waals surface area contributed by atoms with Crippen LogP contribution in [-0.2, 0) is 4.74 Å². The molecule has 1 fully saturated rings. The predicted molar refractivity (Wildman–Crippen MR) is 92.9 cm³/mol. The molecular formula is C19H39NO. The summed E-state index contributed by atoms with van der Waals surface area (Å²) in [6, 6.07) is 1.48. The first kappa shape index (κ1) is 19.0. The van der Waals surface area contributed by atoms with Gasteiger partial charge in [0, 0.05) is 19.2 Å². The first-order valence-corrected chi connectivity index (χ1v) is 9.59. The zero-order valence-corrected chi connectivity index (χ0v) is 14.8. The number of hydrogen-bond acceptors (Lipinski definition) is 2. The van der Waals surface area contributed by atoms with Gasteiger partial charge >= 0.3 is 0 Å². The van der Waals surface area contributed by atoms with Gasteiger partial charge in [-0.1, -0.05) is 71.6 Å². The third-order valence-corrected chi connectivity index (χ3v) is 4.96. The summed E-state index contributed by atoms with van der Waals surface area (Å²) in [7, 11) is 1.84. The van der Waals surface area contributed by atoms with Gasteiger partial charge in [0.05, 0.1) is 6.10 Å². The number of nitrogens with one attached hydrogen (secondary N) is 1. The fraction of sp³-hybridized carbons (Fsp3) is 1.00. The second-order valence-electron chi connectivity index (χ2n) is 6.94. The van der Waals surface area contributed by atoms with E-state index < -0.39 is 0 Å². The fourth-order valence-corrected chi connectivity index (χ4v) is 3.35. The van der Waals surface area contributed by atoms with E-state index in [4.69, 9.17) is 4.74 Å². The molecule has 0 bridgehead atoms. The summed E-state index contributed by atoms with van der Waals surface area (Å²) in [5.41, 5.74) is 0. The lowest BCUT2D eigenvalue weighted by atomic mass is 9.87. The third-order valence-electron chi connectivity index (χ3n) is 4.96. The molecule has 0 amide bonds. The smallest absolute Gasteiger partial charge is 0.0601 e. The molecule has 1 rings (SSSR count). The molecule has 0 saturated heterocycles. The van der Waals surface area contributed by atoms with Gasteiger partial charge < -0.3 is 10.1 Å². The van der Waals surface area contributed by atoms with Crippen molar-refractivity contribution in [3.05, 3.63) is 0 Å². The van der Waals surface area contributed by atoms with Crippen LogP contribution >= 0.6 is 0 Å². The average Bonchev–Trinajstić information content (AvgIpc) is 2.45. The molecule has 1 unspecified atom stereocenters. The lowest BCUT2D eigenvalue weighted by Gasteiger charge is -2.37. The predicted octanol–water partition coefficient (Wildman–Crippen LogP) is 5.45. The molecule has 0 heterocycles. The zero-order valence-electron chi connectivity index (χ0n) is 14.8. The largest absolute Gasteiger partial charge is 0.381 e. The molecule has 1 N–H and O–H groups in total. The van der Waals surface area contributed by atoms with Crippen LogP contribution in [-0.4, -0.2) is 25.3 Å². The van der Waals surface area contributed by atoms with Crippen LogP contribution in [0.25, 0.3) is 0 Å². The second-order valence-corrected chi connectivity index (χ2v) is 6.94. The highest BCUT2D eigenvalue weighted by Gasteiger charge is 2.30. The van der Waals surface area contributed by atoms with Crippen molar-refractivity contribution in [2.24, 2.45) is 0 Å². The van der Waals surface area contributed by atoms with Crippen molar-refractivity contribution in [1.82, 2.24) is 5.32 Å². The minimum Gasteiger partial charge on any atom is -0.381 e. The quantitative estimate of drug-likeness (QED) is 0.430. The molecular weight excluding hydrogens is 258 g/mol. The number of rotatable bonds is 14. The van der Waals surface area contributed by atoms with Gasteiger partial charge in [-0.3, -0.25) is 0 Å². The van der Waals surface area contributed by atoms with E-state index in [-0.39, 0.29) is 0 Å². The van der Waals surface area contributed by atoms with Crippen molar-refractivity contribution in [2.45, 2.75) is 116 Å². The summed E-state index contributed by atoms with van der Waals surface area (Å²) in [5, 5.41) is 3.91. The molecule has 126 valence electrons. The van der Waals surface area contributed by atoms with Crippen molar-refractivity contribution in [3.8, 4) is 0 Å². The SMILES string of the molecule is CCCCCCCC(CCCCCC)NC1CC(OC)C1. The summed E-state index contributed by atoms with van der Waals surface area (Å²) in [4.78, 5) is 0. The minimum atomic E-state index is 0.521. The van der Waals surface area contributed by atoms with Gasteiger partial charge in [-0.2, -0.15) is 0 Å². The molecule has 1 aliphatic rings. The molecule has 1 atom stereocenters. The lowest BCUT2D eigenvalue weighted by molar-refractivity contribution is 0.0134. The van der Waals surface area contributed by atoms with Crippen LogP contribution in [0, 0.1) is 0 Å². The highest BCUT2D eigenvalue weighted by Crippen LogP contribution is 2.24. The number of unbranched alkanes of at least 4 members (excludes halogenated alkanes) is 7. The molecule has 21 heavy (non-hydrogen) atoms. The Morgan fingerprint density at radius 2 is 1.38 bits per heavy atom. The van der Waals surface area contributed by atoms with E-state index in [1.807, 2.05) is 7.11 Å². The highest BCUT2D eigenvalue weighted by molar-refractivity contribution is 4.88. The molecule has 1 saturated carbocycles. The normalized spacial score (nSPS) is 23.0. The Kier molecular flexibility index (Phi) is 11.3. The van der Waals surface area contributed by atoms with Crippen molar-refractivity contribution >= 4 is 0 Å². The summed E-state index contributed by atoms with van der Waals surface area (Å²) in [6.45, 7) is 4.59. The summed E-state index contributed by atoms with van der Waals surface area (Å²) < 4.78 is 5.40. The maximum absolute atomic E-state index is 5.40. The van der Waals surface area contributed by atoms with Gasteiger partial charge in [-0.05, 0) is 25.7 Å². The number of hydrogen-bond donors (Lipinski definition) is 1. The van der Waals surface area contributed by atoms with E-state index in [0.717, 1.165) is 12.1 Å². The maximum atomic E-state index is 5.40. The Hall–Kier alpha value is -0.0800. The van der Waals surface area contributed by atoms with E-state index in [1.54, 1.807) is 0 Å². The van der Waals surface area contributed by atoms with Crippen LogP contribution in [0.4, 0.5) is 0 Å². The number of ether oxygens (including phenoxy) is 1. The Balaban J connectivity index is 2.15. The molecule has 0 aromatic carbocycles. The molecule has 0 aromatic heterocycles. The van der Waals surface area contributed by atoms with Crippen molar-refractivity contribution < 1.29 is 4.74 Å². The van der Waals surface area contributed by atoms with Gasteiger partial charge in [0.2, 0.25) is 0 Å². The summed E-state index contributed by atoms with van der Waals surface area (Å²) in [5.74, 6) is 0. The van der Waals surface area contributed by atoms with Crippen molar-refractivity contribution in [1.29, 1.82) is 0 Å². The third kappa shape index (κ3) is 8.83. The monoisotopic (exact) mass is 297 g/mol. The molecule has 0 radical (unpaired) electrons. The Morgan fingerprint density at radius 3 is 1.90 bits per heavy atom. The summed E-state index contributed by atoms with van der Waals surface area (Å²) >= 11 is 0. The van der Waals surface area contributed by atoms with Gasteiger partial charge in [-0.25, -0.2) is 0 Å². The molecule has 1 aliphatic carbocycles. The van der Waals surface area contributed by atoms with Gasteiger partial charge in [0.25, 0.3) is 0 Å². The van der Waals surface area contributed by atoms with Crippen LogP contribution in [0.2, 0.25) is 0 Å². The Morgan fingerprint density at radius 1 is 0.857 bits per heavy atom. The van der Waals surface area contributed by atoms with Crippen molar-refractivity contribution in [2.75, 3.05) is 7.11 Å². The van der Waals surface area contributed by atoms with E-state index in [0.29, 0.717) is 6.10 Å². The van der Waals surface area contributed by atoms with E-state index in [1.165, 1.54) is 83.5 Å². The van der Waals surface area contributed by atoms with Crippen LogP contribution in [0.15, 0.2) is 0 Å². The molecule has 2 heteroatoms. The highest BCUT2D eigenvalue weighted by atomic mass is 16.5. The fourth-order valence-electron chi connectivity index (χ4n) is 3.35. The van der Waals surface area contributed by atoms with Crippen LogP contribution in [0.3, 0.4) is 0 Å². The molecule has 0 aliphatic heterocycles.